The van der Waals surface area contributed by atoms with E-state index in [2.05, 4.69) is 18.8 Å². The third kappa shape index (κ3) is 2.64. The molecule has 0 aliphatic rings. The molecule has 0 radical (unpaired) electrons. The van der Waals surface area contributed by atoms with Crippen LogP contribution in [0.1, 0.15) is 25.6 Å². The van der Waals surface area contributed by atoms with Gasteiger partial charge in [-0.05, 0) is 45.0 Å². The Bertz CT molecular complexity index is 503. The van der Waals surface area contributed by atoms with Crippen molar-refractivity contribution in [1.29, 1.82) is 0 Å². The van der Waals surface area contributed by atoms with Gasteiger partial charge in [-0.15, -0.1) is 0 Å². The zero-order chi connectivity index (χ0) is 12.4. The molecule has 17 heavy (non-hydrogen) atoms. The zero-order valence-electron chi connectivity index (χ0n) is 10.1. The lowest BCUT2D eigenvalue weighted by molar-refractivity contribution is 0.395. The summed E-state index contributed by atoms with van der Waals surface area (Å²) in [6, 6.07) is 6.71. The molecule has 4 heteroatoms. The van der Waals surface area contributed by atoms with Crippen LogP contribution in [0, 0.1) is 12.7 Å². The van der Waals surface area contributed by atoms with Crippen LogP contribution in [0.25, 0.3) is 0 Å². The normalized spacial score (nSPS) is 10.9. The second-order valence-corrected chi connectivity index (χ2v) is 4.22. The Morgan fingerprint density at radius 3 is 2.47 bits per heavy atom. The van der Waals surface area contributed by atoms with Crippen LogP contribution in [-0.4, -0.2) is 9.55 Å². The second-order valence-electron chi connectivity index (χ2n) is 4.22. The number of nitrogens with zero attached hydrogens (tertiary/aromatic N) is 2. The summed E-state index contributed by atoms with van der Waals surface area (Å²) in [5, 5.41) is 0. The topological polar surface area (TPSA) is 27.1 Å². The van der Waals surface area contributed by atoms with Crippen molar-refractivity contribution in [1.82, 2.24) is 9.55 Å². The number of imidazole rings is 1. The van der Waals surface area contributed by atoms with E-state index in [9.17, 15) is 4.39 Å². The summed E-state index contributed by atoms with van der Waals surface area (Å²) in [6.07, 6.45) is 1.93. The van der Waals surface area contributed by atoms with Crippen LogP contribution < -0.4 is 4.74 Å². The van der Waals surface area contributed by atoms with Crippen molar-refractivity contribution in [2.75, 3.05) is 0 Å². The van der Waals surface area contributed by atoms with Gasteiger partial charge in [0.25, 0.3) is 0 Å². The molecule has 0 aliphatic carbocycles. The smallest absolute Gasteiger partial charge is 0.302 e. The number of aryl methyl sites for hydroxylation is 1. The van der Waals surface area contributed by atoms with Gasteiger partial charge in [0.2, 0.25) is 0 Å². The van der Waals surface area contributed by atoms with Crippen LogP contribution in [0.15, 0.2) is 30.5 Å². The van der Waals surface area contributed by atoms with Crippen LogP contribution >= 0.6 is 0 Å². The van der Waals surface area contributed by atoms with Crippen molar-refractivity contribution < 1.29 is 9.13 Å². The Kier molecular flexibility index (Phi) is 3.13. The number of benzene rings is 1. The summed E-state index contributed by atoms with van der Waals surface area (Å²) in [6.45, 7) is 6.02. The van der Waals surface area contributed by atoms with E-state index in [-0.39, 0.29) is 11.9 Å². The molecule has 3 nitrogen and oxygen atoms in total. The van der Waals surface area contributed by atoms with Crippen molar-refractivity contribution in [3.8, 4) is 11.8 Å². The Balaban J connectivity index is 2.26. The molecule has 0 N–H and O–H groups in total. The van der Waals surface area contributed by atoms with Gasteiger partial charge in [0, 0.05) is 12.2 Å². The largest absolute Gasteiger partial charge is 0.426 e. The Labute approximate surface area is 99.9 Å². The maximum atomic E-state index is 12.8. The molecule has 1 aromatic heterocycles. The van der Waals surface area contributed by atoms with Crippen LogP contribution in [0.4, 0.5) is 4.39 Å². The van der Waals surface area contributed by atoms with Gasteiger partial charge >= 0.3 is 6.01 Å². The molecule has 0 bridgehead atoms. The highest BCUT2D eigenvalue weighted by atomic mass is 19.1. The van der Waals surface area contributed by atoms with Gasteiger partial charge in [0.1, 0.15) is 11.6 Å². The summed E-state index contributed by atoms with van der Waals surface area (Å²) < 4.78 is 20.3. The van der Waals surface area contributed by atoms with Crippen LogP contribution in [0.2, 0.25) is 0 Å². The van der Waals surface area contributed by atoms with Crippen molar-refractivity contribution >= 4 is 0 Å². The average molecular weight is 234 g/mol. The first-order chi connectivity index (χ1) is 8.06. The molecule has 0 spiro atoms. The molecule has 1 heterocycles. The maximum Gasteiger partial charge on any atom is 0.302 e. The number of hydrogen-bond acceptors (Lipinski definition) is 2. The van der Waals surface area contributed by atoms with E-state index in [4.69, 9.17) is 4.74 Å². The van der Waals surface area contributed by atoms with Crippen LogP contribution in [0.3, 0.4) is 0 Å². The van der Waals surface area contributed by atoms with Crippen molar-refractivity contribution in [2.24, 2.45) is 0 Å². The van der Waals surface area contributed by atoms with E-state index in [1.165, 1.54) is 12.1 Å². The van der Waals surface area contributed by atoms with E-state index < -0.39 is 0 Å². The molecule has 1 aromatic carbocycles. The number of halogens is 1. The first kappa shape index (κ1) is 11.6. The minimum absolute atomic E-state index is 0.270. The Morgan fingerprint density at radius 2 is 1.88 bits per heavy atom. The first-order valence-corrected chi connectivity index (χ1v) is 5.55. The lowest BCUT2D eigenvalue weighted by atomic mass is 10.3. The van der Waals surface area contributed by atoms with Crippen LogP contribution in [0.5, 0.6) is 11.8 Å². The average Bonchev–Trinajstić information content (AvgIpc) is 2.63. The quantitative estimate of drug-likeness (QED) is 0.809. The number of aromatic nitrogens is 2. The SMILES string of the molecule is Cc1cn(C(C)C)c(Oc2ccc(F)cc2)n1. The molecular weight excluding hydrogens is 219 g/mol. The highest BCUT2D eigenvalue weighted by Gasteiger charge is 2.10. The van der Waals surface area contributed by atoms with E-state index in [1.54, 1.807) is 12.1 Å². The predicted molar refractivity (Wildman–Crippen MR) is 63.8 cm³/mol. The fraction of sp³-hybridized carbons (Fsp3) is 0.308. The van der Waals surface area contributed by atoms with Gasteiger partial charge < -0.3 is 4.74 Å². The third-order valence-electron chi connectivity index (χ3n) is 2.40. The second kappa shape index (κ2) is 4.57. The summed E-state index contributed by atoms with van der Waals surface area (Å²) in [5.41, 5.74) is 0.899. The van der Waals surface area contributed by atoms with Gasteiger partial charge in [-0.2, -0.15) is 0 Å². The summed E-state index contributed by atoms with van der Waals surface area (Å²) in [7, 11) is 0. The highest BCUT2D eigenvalue weighted by Crippen LogP contribution is 2.23. The number of ether oxygens (including phenoxy) is 1. The molecule has 0 atom stereocenters. The molecule has 0 amide bonds. The van der Waals surface area contributed by atoms with Crippen molar-refractivity contribution in [3.05, 3.63) is 42.0 Å². The summed E-state index contributed by atoms with van der Waals surface area (Å²) in [4.78, 5) is 4.30. The Morgan fingerprint density at radius 1 is 1.24 bits per heavy atom. The van der Waals surface area contributed by atoms with Crippen molar-refractivity contribution in [2.45, 2.75) is 26.8 Å². The van der Waals surface area contributed by atoms with E-state index in [1.807, 2.05) is 17.7 Å². The number of hydrogen-bond donors (Lipinski definition) is 0. The van der Waals surface area contributed by atoms with Crippen molar-refractivity contribution in [3.63, 3.8) is 0 Å². The first-order valence-electron chi connectivity index (χ1n) is 5.55. The molecule has 2 rings (SSSR count). The highest BCUT2D eigenvalue weighted by molar-refractivity contribution is 5.26. The molecule has 90 valence electrons. The minimum atomic E-state index is -0.277. The van der Waals surface area contributed by atoms with Crippen LogP contribution in [-0.2, 0) is 0 Å². The molecule has 0 aliphatic heterocycles. The summed E-state index contributed by atoms with van der Waals surface area (Å²) >= 11 is 0. The van der Waals surface area contributed by atoms with Gasteiger partial charge in [0.15, 0.2) is 0 Å². The standard InChI is InChI=1S/C13H15FN2O/c1-9(2)16-8-10(3)15-13(16)17-12-6-4-11(14)5-7-12/h4-9H,1-3H3. The maximum absolute atomic E-state index is 12.8. The van der Waals surface area contributed by atoms with E-state index in [0.717, 1.165) is 5.69 Å². The third-order valence-corrected chi connectivity index (χ3v) is 2.40. The zero-order valence-corrected chi connectivity index (χ0v) is 10.1. The van der Waals surface area contributed by atoms with E-state index >= 15 is 0 Å². The Hall–Kier alpha value is -1.84. The fourth-order valence-corrected chi connectivity index (χ4v) is 1.55. The fourth-order valence-electron chi connectivity index (χ4n) is 1.55. The van der Waals surface area contributed by atoms with Gasteiger partial charge in [0.05, 0.1) is 5.69 Å². The molecule has 0 unspecified atom stereocenters. The molecule has 2 aromatic rings. The molecular formula is C13H15FN2O. The lowest BCUT2D eigenvalue weighted by Gasteiger charge is -2.11. The predicted octanol–water partition coefficient (Wildman–Crippen LogP) is 3.70. The van der Waals surface area contributed by atoms with E-state index in [0.29, 0.717) is 11.8 Å². The molecule has 0 fully saturated rings. The number of rotatable bonds is 3. The molecule has 0 saturated carbocycles. The van der Waals surface area contributed by atoms with Gasteiger partial charge in [-0.25, -0.2) is 9.37 Å². The summed E-state index contributed by atoms with van der Waals surface area (Å²) in [5.74, 6) is 0.305. The molecule has 0 saturated heterocycles. The lowest BCUT2D eigenvalue weighted by Crippen LogP contribution is -2.02. The van der Waals surface area contributed by atoms with Gasteiger partial charge in [-0.3, -0.25) is 4.57 Å². The monoisotopic (exact) mass is 234 g/mol. The van der Waals surface area contributed by atoms with Gasteiger partial charge in [-0.1, -0.05) is 0 Å². The minimum Gasteiger partial charge on any atom is -0.426 e.